The van der Waals surface area contributed by atoms with E-state index in [2.05, 4.69) is 20.6 Å². The fraction of sp³-hybridized carbons (Fsp3) is 0.500. The first kappa shape index (κ1) is 15.2. The van der Waals surface area contributed by atoms with E-state index in [1.165, 1.54) is 0 Å². The standard InChI is InChI=1S/C16H21N3O2S/c1-11-5-6-15(21-11)16-18-14(10-22-16)9-19-7-3-4-13(8-19)17-12(2)20/h5-6,10,13H,3-4,7-9H2,1-2H3,(H,17,20). The Labute approximate surface area is 134 Å². The Hall–Kier alpha value is -1.66. The van der Waals surface area contributed by atoms with Crippen LogP contribution >= 0.6 is 11.3 Å². The molecule has 118 valence electrons. The Kier molecular flexibility index (Phi) is 4.59. The number of rotatable bonds is 4. The van der Waals surface area contributed by atoms with Crippen molar-refractivity contribution in [3.63, 3.8) is 0 Å². The lowest BCUT2D eigenvalue weighted by Gasteiger charge is -2.32. The van der Waals surface area contributed by atoms with Gasteiger partial charge in [0.15, 0.2) is 10.8 Å². The quantitative estimate of drug-likeness (QED) is 0.941. The second-order valence-electron chi connectivity index (χ2n) is 5.83. The molecule has 0 bridgehead atoms. The van der Waals surface area contributed by atoms with Crippen LogP contribution < -0.4 is 5.32 Å². The number of aromatic nitrogens is 1. The summed E-state index contributed by atoms with van der Waals surface area (Å²) in [6, 6.07) is 4.18. The topological polar surface area (TPSA) is 58.4 Å². The minimum Gasteiger partial charge on any atom is -0.459 e. The summed E-state index contributed by atoms with van der Waals surface area (Å²) in [4.78, 5) is 18.2. The van der Waals surface area contributed by atoms with Gasteiger partial charge >= 0.3 is 0 Å². The number of furan rings is 1. The number of hydrogen-bond donors (Lipinski definition) is 1. The molecule has 1 aliphatic rings. The Bertz CT molecular complexity index is 649. The van der Waals surface area contributed by atoms with Crippen molar-refractivity contribution in [2.45, 2.75) is 39.3 Å². The molecule has 0 radical (unpaired) electrons. The minimum absolute atomic E-state index is 0.0518. The number of hydrogen-bond acceptors (Lipinski definition) is 5. The van der Waals surface area contributed by atoms with E-state index in [9.17, 15) is 4.79 Å². The summed E-state index contributed by atoms with van der Waals surface area (Å²) in [5.74, 6) is 1.79. The van der Waals surface area contributed by atoms with Crippen molar-refractivity contribution >= 4 is 17.2 Å². The summed E-state index contributed by atoms with van der Waals surface area (Å²) in [6.07, 6.45) is 2.17. The van der Waals surface area contributed by atoms with E-state index in [-0.39, 0.29) is 11.9 Å². The molecular formula is C16H21N3O2S. The molecule has 1 atom stereocenters. The van der Waals surface area contributed by atoms with Gasteiger partial charge in [-0.3, -0.25) is 9.69 Å². The number of carbonyl (C=O) groups excluding carboxylic acids is 1. The number of nitrogens with zero attached hydrogens (tertiary/aromatic N) is 2. The van der Waals surface area contributed by atoms with Crippen molar-refractivity contribution in [1.29, 1.82) is 0 Å². The molecule has 2 aromatic rings. The minimum atomic E-state index is 0.0518. The third-order valence-corrected chi connectivity index (χ3v) is 4.71. The fourth-order valence-corrected chi connectivity index (χ4v) is 3.65. The first-order valence-corrected chi connectivity index (χ1v) is 8.49. The highest BCUT2D eigenvalue weighted by Crippen LogP contribution is 2.26. The molecule has 0 aliphatic carbocycles. The molecular weight excluding hydrogens is 298 g/mol. The van der Waals surface area contributed by atoms with Gasteiger partial charge in [0, 0.05) is 31.4 Å². The molecule has 1 N–H and O–H groups in total. The lowest BCUT2D eigenvalue weighted by Crippen LogP contribution is -2.46. The van der Waals surface area contributed by atoms with Crippen LogP contribution in [0.2, 0.25) is 0 Å². The number of carbonyl (C=O) groups is 1. The smallest absolute Gasteiger partial charge is 0.217 e. The zero-order valence-electron chi connectivity index (χ0n) is 13.0. The lowest BCUT2D eigenvalue weighted by molar-refractivity contribution is -0.120. The molecule has 0 spiro atoms. The van der Waals surface area contributed by atoms with Gasteiger partial charge in [-0.15, -0.1) is 11.3 Å². The Morgan fingerprint density at radius 2 is 2.41 bits per heavy atom. The summed E-state index contributed by atoms with van der Waals surface area (Å²) < 4.78 is 5.62. The second kappa shape index (κ2) is 6.62. The van der Waals surface area contributed by atoms with Crippen LogP contribution in [0.4, 0.5) is 0 Å². The third kappa shape index (κ3) is 3.75. The highest BCUT2D eigenvalue weighted by Gasteiger charge is 2.21. The van der Waals surface area contributed by atoms with Gasteiger partial charge in [-0.05, 0) is 38.4 Å². The second-order valence-corrected chi connectivity index (χ2v) is 6.69. The summed E-state index contributed by atoms with van der Waals surface area (Å²) in [5.41, 5.74) is 1.07. The van der Waals surface area contributed by atoms with Gasteiger partial charge in [0.1, 0.15) is 5.76 Å². The first-order chi connectivity index (χ1) is 10.6. The molecule has 1 unspecified atom stereocenters. The molecule has 5 nitrogen and oxygen atoms in total. The number of amides is 1. The highest BCUT2D eigenvalue weighted by molar-refractivity contribution is 7.13. The van der Waals surface area contributed by atoms with E-state index in [1.54, 1.807) is 18.3 Å². The summed E-state index contributed by atoms with van der Waals surface area (Å²) >= 11 is 1.61. The van der Waals surface area contributed by atoms with Gasteiger partial charge in [0.05, 0.1) is 5.69 Å². The van der Waals surface area contributed by atoms with E-state index >= 15 is 0 Å². The molecule has 0 aromatic carbocycles. The molecule has 1 saturated heterocycles. The number of aryl methyl sites for hydroxylation is 1. The zero-order chi connectivity index (χ0) is 15.5. The van der Waals surface area contributed by atoms with Gasteiger partial charge in [0.25, 0.3) is 0 Å². The van der Waals surface area contributed by atoms with Crippen molar-refractivity contribution < 1.29 is 9.21 Å². The van der Waals surface area contributed by atoms with Crippen LogP contribution in [0, 0.1) is 6.92 Å². The van der Waals surface area contributed by atoms with E-state index in [4.69, 9.17) is 4.42 Å². The Morgan fingerprint density at radius 3 is 3.14 bits per heavy atom. The molecule has 1 aliphatic heterocycles. The normalized spacial score (nSPS) is 19.3. The number of piperidine rings is 1. The van der Waals surface area contributed by atoms with Crippen LogP contribution in [0.15, 0.2) is 21.9 Å². The number of nitrogens with one attached hydrogen (secondary N) is 1. The van der Waals surface area contributed by atoms with Crippen LogP contribution in [0.5, 0.6) is 0 Å². The van der Waals surface area contributed by atoms with E-state index < -0.39 is 0 Å². The molecule has 22 heavy (non-hydrogen) atoms. The van der Waals surface area contributed by atoms with Gasteiger partial charge in [-0.2, -0.15) is 0 Å². The van der Waals surface area contributed by atoms with Crippen LogP contribution in [-0.4, -0.2) is 34.9 Å². The maximum Gasteiger partial charge on any atom is 0.217 e. The first-order valence-electron chi connectivity index (χ1n) is 7.61. The predicted octanol–water partition coefficient (Wildman–Crippen LogP) is 2.81. The molecule has 3 rings (SSSR count). The Balaban J connectivity index is 1.61. The van der Waals surface area contributed by atoms with Crippen molar-refractivity contribution in [3.05, 3.63) is 29.0 Å². The summed E-state index contributed by atoms with van der Waals surface area (Å²) in [6.45, 7) is 6.30. The SMILES string of the molecule is CC(=O)NC1CCCN(Cc2csc(-c3ccc(C)o3)n2)C1. The highest BCUT2D eigenvalue weighted by atomic mass is 32.1. The van der Waals surface area contributed by atoms with Crippen molar-refractivity contribution in [3.8, 4) is 10.8 Å². The average Bonchev–Trinajstić information content (AvgIpc) is 3.07. The van der Waals surface area contributed by atoms with Gasteiger partial charge in [0.2, 0.25) is 5.91 Å². The molecule has 0 saturated carbocycles. The molecule has 6 heteroatoms. The van der Waals surface area contributed by atoms with Crippen molar-refractivity contribution in [2.24, 2.45) is 0 Å². The van der Waals surface area contributed by atoms with E-state index in [1.807, 2.05) is 19.1 Å². The van der Waals surface area contributed by atoms with Crippen LogP contribution in [0.3, 0.4) is 0 Å². The number of thiazole rings is 1. The lowest BCUT2D eigenvalue weighted by atomic mass is 10.1. The molecule has 1 fully saturated rings. The fourth-order valence-electron chi connectivity index (χ4n) is 2.88. The summed E-state index contributed by atoms with van der Waals surface area (Å²) in [7, 11) is 0. The third-order valence-electron chi connectivity index (χ3n) is 3.80. The largest absolute Gasteiger partial charge is 0.459 e. The number of likely N-dealkylation sites (tertiary alicyclic amines) is 1. The van der Waals surface area contributed by atoms with Crippen molar-refractivity contribution in [2.75, 3.05) is 13.1 Å². The van der Waals surface area contributed by atoms with Crippen molar-refractivity contribution in [1.82, 2.24) is 15.2 Å². The Morgan fingerprint density at radius 1 is 1.55 bits per heavy atom. The monoisotopic (exact) mass is 319 g/mol. The van der Waals surface area contributed by atoms with Gasteiger partial charge in [-0.25, -0.2) is 4.98 Å². The van der Waals surface area contributed by atoms with Gasteiger partial charge in [-0.1, -0.05) is 0 Å². The molecule has 3 heterocycles. The zero-order valence-corrected chi connectivity index (χ0v) is 13.8. The van der Waals surface area contributed by atoms with Crippen LogP contribution in [-0.2, 0) is 11.3 Å². The van der Waals surface area contributed by atoms with Gasteiger partial charge < -0.3 is 9.73 Å². The summed E-state index contributed by atoms with van der Waals surface area (Å²) in [5, 5.41) is 6.04. The maximum atomic E-state index is 11.2. The van der Waals surface area contributed by atoms with E-state index in [0.29, 0.717) is 0 Å². The average molecular weight is 319 g/mol. The molecule has 2 aromatic heterocycles. The van der Waals surface area contributed by atoms with E-state index in [0.717, 1.165) is 54.7 Å². The predicted molar refractivity (Wildman–Crippen MR) is 86.7 cm³/mol. The van der Waals surface area contributed by atoms with Crippen LogP contribution in [0.25, 0.3) is 10.8 Å². The maximum absolute atomic E-state index is 11.2. The molecule has 1 amide bonds. The van der Waals surface area contributed by atoms with Crippen LogP contribution in [0.1, 0.15) is 31.2 Å².